The van der Waals surface area contributed by atoms with E-state index in [0.717, 1.165) is 24.6 Å². The fourth-order valence-corrected chi connectivity index (χ4v) is 2.39. The van der Waals surface area contributed by atoms with Crippen molar-refractivity contribution in [3.8, 4) is 0 Å². The maximum absolute atomic E-state index is 8.98. The molecule has 0 spiro atoms. The average Bonchev–Trinajstić information content (AvgIpc) is 2.34. The molecule has 1 aromatic rings. The summed E-state index contributed by atoms with van der Waals surface area (Å²) in [7, 11) is 0. The molecule has 0 bridgehead atoms. The van der Waals surface area contributed by atoms with Crippen molar-refractivity contribution in [2.24, 2.45) is 17.8 Å². The van der Waals surface area contributed by atoms with E-state index < -0.39 is 0 Å². The SMILES string of the molecule is CC(C)C(CNCc1ccc(CO)cc1)C(C)C. The quantitative estimate of drug-likeness (QED) is 0.778. The van der Waals surface area contributed by atoms with E-state index in [9.17, 15) is 0 Å². The van der Waals surface area contributed by atoms with E-state index >= 15 is 0 Å². The highest BCUT2D eigenvalue weighted by atomic mass is 16.3. The number of hydrogen-bond acceptors (Lipinski definition) is 2. The van der Waals surface area contributed by atoms with Gasteiger partial charge in [0, 0.05) is 6.54 Å². The lowest BCUT2D eigenvalue weighted by Crippen LogP contribution is -2.29. The zero-order valence-corrected chi connectivity index (χ0v) is 12.1. The van der Waals surface area contributed by atoms with Crippen molar-refractivity contribution in [2.75, 3.05) is 6.54 Å². The van der Waals surface area contributed by atoms with Crippen LogP contribution in [0.4, 0.5) is 0 Å². The molecule has 2 heteroatoms. The third-order valence-corrected chi connectivity index (χ3v) is 3.63. The van der Waals surface area contributed by atoms with E-state index in [1.165, 1.54) is 5.56 Å². The number of aliphatic hydroxyl groups excluding tert-OH is 1. The molecular formula is C16H27NO. The van der Waals surface area contributed by atoms with Gasteiger partial charge >= 0.3 is 0 Å². The fourth-order valence-electron chi connectivity index (χ4n) is 2.39. The Morgan fingerprint density at radius 3 is 1.89 bits per heavy atom. The Labute approximate surface area is 111 Å². The van der Waals surface area contributed by atoms with E-state index in [1.807, 2.05) is 12.1 Å². The maximum atomic E-state index is 8.98. The highest BCUT2D eigenvalue weighted by Crippen LogP contribution is 2.19. The Kier molecular flexibility index (Phi) is 6.37. The van der Waals surface area contributed by atoms with Crippen LogP contribution in [-0.4, -0.2) is 11.7 Å². The summed E-state index contributed by atoms with van der Waals surface area (Å²) in [5, 5.41) is 12.5. The standard InChI is InChI=1S/C16H27NO/c1-12(2)16(13(3)4)10-17-9-14-5-7-15(11-18)8-6-14/h5-8,12-13,16-18H,9-11H2,1-4H3. The van der Waals surface area contributed by atoms with Crippen molar-refractivity contribution in [1.29, 1.82) is 0 Å². The van der Waals surface area contributed by atoms with Crippen LogP contribution in [0.15, 0.2) is 24.3 Å². The number of nitrogens with one attached hydrogen (secondary N) is 1. The smallest absolute Gasteiger partial charge is 0.0681 e. The Hall–Kier alpha value is -0.860. The number of benzene rings is 1. The topological polar surface area (TPSA) is 32.3 Å². The Morgan fingerprint density at radius 2 is 1.44 bits per heavy atom. The second-order valence-corrected chi connectivity index (χ2v) is 5.76. The first kappa shape index (κ1) is 15.2. The van der Waals surface area contributed by atoms with Gasteiger partial charge in [0.05, 0.1) is 6.61 Å². The molecule has 2 nitrogen and oxygen atoms in total. The lowest BCUT2D eigenvalue weighted by Gasteiger charge is -2.25. The highest BCUT2D eigenvalue weighted by Gasteiger charge is 2.16. The summed E-state index contributed by atoms with van der Waals surface area (Å²) in [6.45, 7) is 11.3. The third kappa shape index (κ3) is 4.79. The molecular weight excluding hydrogens is 222 g/mol. The van der Waals surface area contributed by atoms with Crippen molar-refractivity contribution in [1.82, 2.24) is 5.32 Å². The van der Waals surface area contributed by atoms with Gasteiger partial charge in [0.2, 0.25) is 0 Å². The van der Waals surface area contributed by atoms with E-state index in [4.69, 9.17) is 5.11 Å². The summed E-state index contributed by atoms with van der Waals surface area (Å²) < 4.78 is 0. The number of rotatable bonds is 7. The minimum atomic E-state index is 0.122. The first-order valence-electron chi connectivity index (χ1n) is 6.94. The van der Waals surface area contributed by atoms with Crippen LogP contribution in [-0.2, 0) is 13.2 Å². The summed E-state index contributed by atoms with van der Waals surface area (Å²) in [5.74, 6) is 2.16. The molecule has 0 heterocycles. The van der Waals surface area contributed by atoms with Crippen molar-refractivity contribution in [3.63, 3.8) is 0 Å². The normalized spacial score (nSPS) is 11.8. The van der Waals surface area contributed by atoms with Crippen molar-refractivity contribution in [3.05, 3.63) is 35.4 Å². The second-order valence-electron chi connectivity index (χ2n) is 5.76. The predicted octanol–water partition coefficient (Wildman–Crippen LogP) is 3.20. The van der Waals surface area contributed by atoms with Crippen LogP contribution in [0.3, 0.4) is 0 Å². The molecule has 0 aliphatic rings. The molecule has 0 radical (unpaired) electrons. The molecule has 1 aromatic carbocycles. The van der Waals surface area contributed by atoms with E-state index in [-0.39, 0.29) is 6.61 Å². The molecule has 0 aromatic heterocycles. The number of hydrogen-bond donors (Lipinski definition) is 2. The molecule has 0 amide bonds. The minimum Gasteiger partial charge on any atom is -0.392 e. The van der Waals surface area contributed by atoms with Crippen LogP contribution in [0.5, 0.6) is 0 Å². The van der Waals surface area contributed by atoms with Crippen LogP contribution in [0.2, 0.25) is 0 Å². The predicted molar refractivity (Wildman–Crippen MR) is 77.2 cm³/mol. The molecule has 1 rings (SSSR count). The number of aliphatic hydroxyl groups is 1. The summed E-state index contributed by atoms with van der Waals surface area (Å²) in [6.07, 6.45) is 0. The molecule has 0 saturated carbocycles. The first-order chi connectivity index (χ1) is 8.54. The Morgan fingerprint density at radius 1 is 0.944 bits per heavy atom. The molecule has 0 aliphatic carbocycles. The largest absolute Gasteiger partial charge is 0.392 e. The van der Waals surface area contributed by atoms with Gasteiger partial charge in [-0.25, -0.2) is 0 Å². The summed E-state index contributed by atoms with van der Waals surface area (Å²) in [5.41, 5.74) is 2.25. The molecule has 0 atom stereocenters. The molecule has 0 unspecified atom stereocenters. The molecule has 102 valence electrons. The molecule has 18 heavy (non-hydrogen) atoms. The van der Waals surface area contributed by atoms with Crippen LogP contribution < -0.4 is 5.32 Å². The van der Waals surface area contributed by atoms with Crippen LogP contribution in [0.1, 0.15) is 38.8 Å². The monoisotopic (exact) mass is 249 g/mol. The van der Waals surface area contributed by atoms with E-state index in [1.54, 1.807) is 0 Å². The highest BCUT2D eigenvalue weighted by molar-refractivity contribution is 5.21. The maximum Gasteiger partial charge on any atom is 0.0681 e. The van der Waals surface area contributed by atoms with Gasteiger partial charge in [-0.15, -0.1) is 0 Å². The van der Waals surface area contributed by atoms with E-state index in [2.05, 4.69) is 45.1 Å². The van der Waals surface area contributed by atoms with Gasteiger partial charge in [0.25, 0.3) is 0 Å². The molecule has 0 aliphatic heterocycles. The van der Waals surface area contributed by atoms with Crippen LogP contribution in [0, 0.1) is 17.8 Å². The summed E-state index contributed by atoms with van der Waals surface area (Å²) >= 11 is 0. The van der Waals surface area contributed by atoms with Gasteiger partial charge in [0.1, 0.15) is 0 Å². The van der Waals surface area contributed by atoms with Gasteiger partial charge in [0.15, 0.2) is 0 Å². The van der Waals surface area contributed by atoms with Crippen LogP contribution >= 0.6 is 0 Å². The molecule has 0 saturated heterocycles. The third-order valence-electron chi connectivity index (χ3n) is 3.63. The van der Waals surface area contributed by atoms with Crippen molar-refractivity contribution in [2.45, 2.75) is 40.8 Å². The lowest BCUT2D eigenvalue weighted by molar-refractivity contribution is 0.275. The van der Waals surface area contributed by atoms with E-state index in [0.29, 0.717) is 11.8 Å². The average molecular weight is 249 g/mol. The summed E-state index contributed by atoms with van der Waals surface area (Å²) in [6, 6.07) is 8.13. The zero-order chi connectivity index (χ0) is 13.5. The van der Waals surface area contributed by atoms with Gasteiger partial charge in [-0.3, -0.25) is 0 Å². The Balaban J connectivity index is 2.40. The van der Waals surface area contributed by atoms with Gasteiger partial charge < -0.3 is 10.4 Å². The van der Waals surface area contributed by atoms with Gasteiger partial charge in [-0.05, 0) is 35.4 Å². The van der Waals surface area contributed by atoms with Gasteiger partial charge in [-0.2, -0.15) is 0 Å². The first-order valence-corrected chi connectivity index (χ1v) is 6.94. The fraction of sp³-hybridized carbons (Fsp3) is 0.625. The zero-order valence-electron chi connectivity index (χ0n) is 12.1. The van der Waals surface area contributed by atoms with Crippen molar-refractivity contribution >= 4 is 0 Å². The molecule has 0 fully saturated rings. The Bertz CT molecular complexity index is 321. The minimum absolute atomic E-state index is 0.122. The van der Waals surface area contributed by atoms with Crippen LogP contribution in [0.25, 0.3) is 0 Å². The van der Waals surface area contributed by atoms with Gasteiger partial charge in [-0.1, -0.05) is 52.0 Å². The van der Waals surface area contributed by atoms with Crippen molar-refractivity contribution < 1.29 is 5.11 Å². The second kappa shape index (κ2) is 7.55. The molecule has 2 N–H and O–H groups in total. The summed E-state index contributed by atoms with van der Waals surface area (Å²) in [4.78, 5) is 0. The lowest BCUT2D eigenvalue weighted by atomic mass is 9.85.